The Kier molecular flexibility index (Phi) is 4.27. The summed E-state index contributed by atoms with van der Waals surface area (Å²) in [6.07, 6.45) is 3.45. The van der Waals surface area contributed by atoms with Crippen LogP contribution in [0.1, 0.15) is 25.6 Å². The van der Waals surface area contributed by atoms with E-state index >= 15 is 0 Å². The Labute approximate surface area is 114 Å². The molecule has 0 spiro atoms. The van der Waals surface area contributed by atoms with Crippen molar-refractivity contribution in [2.45, 2.75) is 44.3 Å². The van der Waals surface area contributed by atoms with Crippen molar-refractivity contribution in [3.05, 3.63) is 12.0 Å². The quantitative estimate of drug-likeness (QED) is 0.860. The Hall–Kier alpha value is -0.920. The molecule has 1 aromatic rings. The fraction of sp³-hybridized carbons (Fsp3) is 0.750. The SMILES string of the molecule is CCCn1cc(S(=O)(=O)N(C)C2CCNC2)nc1C. The smallest absolute Gasteiger partial charge is 0.262 e. The van der Waals surface area contributed by atoms with Crippen LogP contribution in [0, 0.1) is 6.92 Å². The van der Waals surface area contributed by atoms with Gasteiger partial charge in [0.15, 0.2) is 5.03 Å². The zero-order valence-corrected chi connectivity index (χ0v) is 12.6. The number of likely N-dealkylation sites (N-methyl/N-ethyl adjacent to an activating group) is 1. The molecule has 1 atom stereocenters. The van der Waals surface area contributed by atoms with Gasteiger partial charge in [0.2, 0.25) is 0 Å². The second kappa shape index (κ2) is 5.60. The molecular formula is C12H22N4O2S. The Morgan fingerprint density at radius 2 is 2.32 bits per heavy atom. The molecule has 0 bridgehead atoms. The molecule has 6 nitrogen and oxygen atoms in total. The average molecular weight is 286 g/mol. The van der Waals surface area contributed by atoms with E-state index in [1.54, 1.807) is 13.2 Å². The third kappa shape index (κ3) is 2.82. The van der Waals surface area contributed by atoms with E-state index in [-0.39, 0.29) is 11.1 Å². The summed E-state index contributed by atoms with van der Waals surface area (Å²) in [7, 11) is -1.84. The van der Waals surface area contributed by atoms with E-state index in [0.29, 0.717) is 6.54 Å². The number of rotatable bonds is 5. The monoisotopic (exact) mass is 286 g/mol. The van der Waals surface area contributed by atoms with E-state index in [4.69, 9.17) is 0 Å². The van der Waals surface area contributed by atoms with Crippen LogP contribution in [-0.4, -0.2) is 48.5 Å². The van der Waals surface area contributed by atoms with Gasteiger partial charge in [-0.25, -0.2) is 13.4 Å². The van der Waals surface area contributed by atoms with Crippen molar-refractivity contribution in [1.29, 1.82) is 0 Å². The van der Waals surface area contributed by atoms with Crippen molar-refractivity contribution >= 4 is 10.0 Å². The maximum absolute atomic E-state index is 12.5. The standard InChI is InChI=1S/C12H22N4O2S/c1-4-7-16-9-12(14-10(16)2)19(17,18)15(3)11-5-6-13-8-11/h9,11,13H,4-8H2,1-3H3. The van der Waals surface area contributed by atoms with E-state index in [1.165, 1.54) is 4.31 Å². The molecule has 0 aromatic carbocycles. The topological polar surface area (TPSA) is 67.2 Å². The van der Waals surface area contributed by atoms with Crippen LogP contribution in [0.25, 0.3) is 0 Å². The number of aryl methyl sites for hydroxylation is 2. The van der Waals surface area contributed by atoms with Crippen molar-refractivity contribution in [2.75, 3.05) is 20.1 Å². The molecule has 1 unspecified atom stereocenters. The predicted molar refractivity (Wildman–Crippen MR) is 73.5 cm³/mol. The van der Waals surface area contributed by atoms with Gasteiger partial charge in [0.05, 0.1) is 0 Å². The summed E-state index contributed by atoms with van der Waals surface area (Å²) in [6, 6.07) is 0.0293. The van der Waals surface area contributed by atoms with Gasteiger partial charge in [-0.3, -0.25) is 0 Å². The van der Waals surface area contributed by atoms with Crippen LogP contribution in [0.4, 0.5) is 0 Å². The first kappa shape index (κ1) is 14.5. The van der Waals surface area contributed by atoms with Crippen molar-refractivity contribution in [3.8, 4) is 0 Å². The number of hydrogen-bond donors (Lipinski definition) is 1. The van der Waals surface area contributed by atoms with Gasteiger partial charge < -0.3 is 9.88 Å². The third-order valence-electron chi connectivity index (χ3n) is 3.61. The van der Waals surface area contributed by atoms with Crippen LogP contribution < -0.4 is 5.32 Å². The minimum Gasteiger partial charge on any atom is -0.334 e. The molecule has 1 aliphatic heterocycles. The number of aromatic nitrogens is 2. The van der Waals surface area contributed by atoms with Gasteiger partial charge in [0.1, 0.15) is 5.82 Å². The minimum atomic E-state index is -3.48. The lowest BCUT2D eigenvalue weighted by Gasteiger charge is -2.21. The second-order valence-electron chi connectivity index (χ2n) is 4.99. The van der Waals surface area contributed by atoms with Gasteiger partial charge in [-0.15, -0.1) is 0 Å². The number of hydrogen-bond acceptors (Lipinski definition) is 4. The highest BCUT2D eigenvalue weighted by molar-refractivity contribution is 7.89. The molecule has 0 radical (unpaired) electrons. The number of nitrogens with zero attached hydrogens (tertiary/aromatic N) is 3. The van der Waals surface area contributed by atoms with Gasteiger partial charge in [-0.1, -0.05) is 6.92 Å². The molecule has 7 heteroatoms. The van der Waals surface area contributed by atoms with Crippen LogP contribution in [0.2, 0.25) is 0 Å². The van der Waals surface area contributed by atoms with Gasteiger partial charge in [-0.2, -0.15) is 4.31 Å². The van der Waals surface area contributed by atoms with Gasteiger partial charge in [0, 0.05) is 32.4 Å². The van der Waals surface area contributed by atoms with Crippen molar-refractivity contribution in [2.24, 2.45) is 0 Å². The molecule has 0 saturated carbocycles. The molecule has 1 aromatic heterocycles. The maximum atomic E-state index is 12.5. The normalized spacial score (nSPS) is 20.3. The second-order valence-corrected chi connectivity index (χ2v) is 6.93. The number of imidazole rings is 1. The summed E-state index contributed by atoms with van der Waals surface area (Å²) in [6.45, 7) is 6.27. The molecule has 1 aliphatic rings. The maximum Gasteiger partial charge on any atom is 0.262 e. The highest BCUT2D eigenvalue weighted by Gasteiger charge is 2.31. The van der Waals surface area contributed by atoms with Crippen LogP contribution in [-0.2, 0) is 16.6 Å². The molecule has 1 fully saturated rings. The van der Waals surface area contributed by atoms with Crippen LogP contribution in [0.5, 0.6) is 0 Å². The Morgan fingerprint density at radius 1 is 1.58 bits per heavy atom. The van der Waals surface area contributed by atoms with E-state index in [9.17, 15) is 8.42 Å². The summed E-state index contributed by atoms with van der Waals surface area (Å²) in [5, 5.41) is 3.34. The average Bonchev–Trinajstić information content (AvgIpc) is 2.99. The van der Waals surface area contributed by atoms with Gasteiger partial charge in [-0.05, 0) is 26.3 Å². The van der Waals surface area contributed by atoms with Crippen molar-refractivity contribution < 1.29 is 8.42 Å². The molecule has 19 heavy (non-hydrogen) atoms. The largest absolute Gasteiger partial charge is 0.334 e. The van der Waals surface area contributed by atoms with E-state index in [2.05, 4.69) is 17.2 Å². The summed E-state index contributed by atoms with van der Waals surface area (Å²) in [4.78, 5) is 4.21. The van der Waals surface area contributed by atoms with Crippen LogP contribution in [0.15, 0.2) is 11.2 Å². The predicted octanol–water partition coefficient (Wildman–Crippen LogP) is 0.584. The van der Waals surface area contributed by atoms with Gasteiger partial charge >= 0.3 is 0 Å². The first-order valence-corrected chi connectivity index (χ1v) is 8.13. The molecule has 2 rings (SSSR count). The zero-order valence-electron chi connectivity index (χ0n) is 11.8. The van der Waals surface area contributed by atoms with Crippen molar-refractivity contribution in [1.82, 2.24) is 19.2 Å². The molecular weight excluding hydrogens is 264 g/mol. The lowest BCUT2D eigenvalue weighted by molar-refractivity contribution is 0.386. The first-order chi connectivity index (χ1) is 8.96. The Bertz CT molecular complexity index is 532. The van der Waals surface area contributed by atoms with Crippen LogP contribution in [0.3, 0.4) is 0 Å². The zero-order chi connectivity index (χ0) is 14.0. The third-order valence-corrected chi connectivity index (χ3v) is 5.39. The molecule has 108 valence electrons. The van der Waals surface area contributed by atoms with E-state index in [1.807, 2.05) is 11.5 Å². The summed E-state index contributed by atoms with van der Waals surface area (Å²) in [5.74, 6) is 0.748. The molecule has 1 N–H and O–H groups in total. The molecule has 1 saturated heterocycles. The molecule has 0 amide bonds. The van der Waals surface area contributed by atoms with E-state index < -0.39 is 10.0 Å². The Morgan fingerprint density at radius 3 is 2.89 bits per heavy atom. The highest BCUT2D eigenvalue weighted by Crippen LogP contribution is 2.19. The van der Waals surface area contributed by atoms with Crippen molar-refractivity contribution in [3.63, 3.8) is 0 Å². The number of sulfonamides is 1. The lowest BCUT2D eigenvalue weighted by atomic mass is 10.3. The fourth-order valence-electron chi connectivity index (χ4n) is 2.36. The fourth-order valence-corrected chi connectivity index (χ4v) is 3.74. The van der Waals surface area contributed by atoms with Gasteiger partial charge in [0.25, 0.3) is 10.0 Å². The summed E-state index contributed by atoms with van der Waals surface area (Å²) < 4.78 is 28.4. The summed E-state index contributed by atoms with van der Waals surface area (Å²) >= 11 is 0. The van der Waals surface area contributed by atoms with Crippen LogP contribution >= 0.6 is 0 Å². The van der Waals surface area contributed by atoms with E-state index in [0.717, 1.165) is 31.8 Å². The highest BCUT2D eigenvalue weighted by atomic mass is 32.2. The molecule has 0 aliphatic carbocycles. The molecule has 2 heterocycles. The number of nitrogens with one attached hydrogen (secondary N) is 1. The Balaban J connectivity index is 2.25. The summed E-state index contributed by atoms with van der Waals surface area (Å²) in [5.41, 5.74) is 0. The minimum absolute atomic E-state index is 0.0293. The first-order valence-electron chi connectivity index (χ1n) is 6.69. The lowest BCUT2D eigenvalue weighted by Crippen LogP contribution is -2.38.